The van der Waals surface area contributed by atoms with Crippen LogP contribution in [0.5, 0.6) is 0 Å². The molecule has 5 rings (SSSR count). The van der Waals surface area contributed by atoms with Crippen LogP contribution in [0.1, 0.15) is 32.2 Å². The van der Waals surface area contributed by atoms with Crippen LogP contribution in [-0.2, 0) is 26.1 Å². The number of rotatable bonds is 4. The van der Waals surface area contributed by atoms with E-state index in [0.717, 1.165) is 21.3 Å². The van der Waals surface area contributed by atoms with Gasteiger partial charge in [-0.25, -0.2) is 4.79 Å². The molecule has 8 nitrogen and oxygen atoms in total. The molecule has 0 radical (unpaired) electrons. The Bertz CT molecular complexity index is 1650. The third-order valence-electron chi connectivity index (χ3n) is 6.31. The maximum absolute atomic E-state index is 13.2. The third kappa shape index (κ3) is 3.90. The van der Waals surface area contributed by atoms with Gasteiger partial charge in [0.25, 0.3) is 5.56 Å². The first-order valence-corrected chi connectivity index (χ1v) is 11.4. The molecule has 0 spiro atoms. The van der Waals surface area contributed by atoms with E-state index in [-0.39, 0.29) is 23.4 Å². The predicted octanol–water partition coefficient (Wildman–Crippen LogP) is 4.10. The maximum atomic E-state index is 13.2. The van der Waals surface area contributed by atoms with E-state index in [1.54, 1.807) is 11.6 Å². The molecule has 5 aromatic rings. The van der Waals surface area contributed by atoms with Crippen molar-refractivity contribution in [3.8, 4) is 22.5 Å². The molecular formula is C27H27N5O3. The molecule has 0 unspecified atom stereocenters. The zero-order valence-corrected chi connectivity index (χ0v) is 20.4. The SMILES string of the molecule is Cn1c(=O)c2c(c(-c3ccccc3)cn2C)n(Cc2nc(-c3ccc(C(C)(C)C)cc3)no2)c1=O. The minimum absolute atomic E-state index is 0.0420. The molecule has 0 amide bonds. The topological polar surface area (TPSA) is 87.8 Å². The Kier molecular flexibility index (Phi) is 5.31. The van der Waals surface area contributed by atoms with Crippen molar-refractivity contribution < 1.29 is 4.52 Å². The van der Waals surface area contributed by atoms with Gasteiger partial charge in [-0.15, -0.1) is 0 Å². The first-order chi connectivity index (χ1) is 16.6. The molecule has 8 heteroatoms. The van der Waals surface area contributed by atoms with E-state index in [4.69, 9.17) is 4.52 Å². The van der Waals surface area contributed by atoms with Crippen LogP contribution in [-0.4, -0.2) is 23.8 Å². The summed E-state index contributed by atoms with van der Waals surface area (Å²) in [6, 6.07) is 17.7. The Hall–Kier alpha value is -4.20. The number of benzene rings is 2. The van der Waals surface area contributed by atoms with Gasteiger partial charge in [-0.1, -0.05) is 80.5 Å². The van der Waals surface area contributed by atoms with Crippen molar-refractivity contribution in [3.63, 3.8) is 0 Å². The van der Waals surface area contributed by atoms with E-state index in [0.29, 0.717) is 16.9 Å². The van der Waals surface area contributed by atoms with Crippen LogP contribution in [0.3, 0.4) is 0 Å². The number of hydrogen-bond acceptors (Lipinski definition) is 5. The summed E-state index contributed by atoms with van der Waals surface area (Å²) in [6.45, 7) is 6.52. The highest BCUT2D eigenvalue weighted by atomic mass is 16.5. The number of aryl methyl sites for hydroxylation is 1. The summed E-state index contributed by atoms with van der Waals surface area (Å²) in [4.78, 5) is 30.8. The van der Waals surface area contributed by atoms with Crippen molar-refractivity contribution in [1.29, 1.82) is 0 Å². The summed E-state index contributed by atoms with van der Waals surface area (Å²) in [7, 11) is 3.28. The van der Waals surface area contributed by atoms with Gasteiger partial charge in [0, 0.05) is 31.4 Å². The van der Waals surface area contributed by atoms with Crippen LogP contribution < -0.4 is 11.2 Å². The molecule has 0 aliphatic heterocycles. The minimum Gasteiger partial charge on any atom is -0.344 e. The molecule has 3 aromatic heterocycles. The summed E-state index contributed by atoms with van der Waals surface area (Å²) < 4.78 is 9.93. The highest BCUT2D eigenvalue weighted by Crippen LogP contribution is 2.29. The normalized spacial score (nSPS) is 11.9. The Morgan fingerprint density at radius 1 is 0.886 bits per heavy atom. The molecule has 0 aliphatic rings. The van der Waals surface area contributed by atoms with Crippen LogP contribution in [0.2, 0.25) is 0 Å². The van der Waals surface area contributed by atoms with E-state index in [2.05, 4.69) is 43.0 Å². The molecular weight excluding hydrogens is 442 g/mol. The summed E-state index contributed by atoms with van der Waals surface area (Å²) in [5.41, 5.74) is 3.96. The van der Waals surface area contributed by atoms with Crippen molar-refractivity contribution in [2.75, 3.05) is 0 Å². The highest BCUT2D eigenvalue weighted by Gasteiger charge is 2.21. The summed E-state index contributed by atoms with van der Waals surface area (Å²) in [6.07, 6.45) is 1.87. The van der Waals surface area contributed by atoms with Crippen molar-refractivity contribution in [2.45, 2.75) is 32.7 Å². The molecule has 0 N–H and O–H groups in total. The van der Waals surface area contributed by atoms with Gasteiger partial charge in [0.15, 0.2) is 0 Å². The molecule has 35 heavy (non-hydrogen) atoms. The third-order valence-corrected chi connectivity index (χ3v) is 6.31. The Balaban J connectivity index is 1.61. The molecule has 178 valence electrons. The quantitative estimate of drug-likeness (QED) is 0.395. The first kappa shape index (κ1) is 22.6. The van der Waals surface area contributed by atoms with Gasteiger partial charge in [-0.05, 0) is 16.5 Å². The summed E-state index contributed by atoms with van der Waals surface area (Å²) in [5, 5.41) is 4.13. The van der Waals surface area contributed by atoms with E-state index < -0.39 is 5.69 Å². The Morgan fingerprint density at radius 3 is 2.23 bits per heavy atom. The largest absolute Gasteiger partial charge is 0.344 e. The number of fused-ring (bicyclic) bond motifs is 1. The van der Waals surface area contributed by atoms with Crippen molar-refractivity contribution >= 4 is 11.0 Å². The Labute approximate surface area is 202 Å². The standard InChI is InChI=1S/C27H27N5O3/c1-27(2,3)19-13-11-18(12-14-19)24-28-21(35-29-24)16-32-22-20(17-9-7-6-8-10-17)15-30(4)23(22)25(33)31(5)26(32)34/h6-15H,16H2,1-5H3. The second kappa shape index (κ2) is 8.23. The molecule has 0 saturated heterocycles. The lowest BCUT2D eigenvalue weighted by atomic mass is 9.87. The molecule has 0 fully saturated rings. The average Bonchev–Trinajstić information content (AvgIpc) is 3.45. The van der Waals surface area contributed by atoms with E-state index in [9.17, 15) is 9.59 Å². The van der Waals surface area contributed by atoms with Gasteiger partial charge < -0.3 is 9.09 Å². The second-order valence-corrected chi connectivity index (χ2v) is 9.79. The van der Waals surface area contributed by atoms with E-state index >= 15 is 0 Å². The van der Waals surface area contributed by atoms with Gasteiger partial charge >= 0.3 is 5.69 Å². The lowest BCUT2D eigenvalue weighted by molar-refractivity contribution is 0.370. The monoisotopic (exact) mass is 469 g/mol. The van der Waals surface area contributed by atoms with E-state index in [1.807, 2.05) is 48.7 Å². The number of aromatic nitrogens is 5. The van der Waals surface area contributed by atoms with Gasteiger partial charge in [0.1, 0.15) is 12.1 Å². The first-order valence-electron chi connectivity index (χ1n) is 11.4. The van der Waals surface area contributed by atoms with E-state index in [1.165, 1.54) is 17.2 Å². The Morgan fingerprint density at radius 2 is 1.57 bits per heavy atom. The molecule has 3 heterocycles. The van der Waals surface area contributed by atoms with Gasteiger partial charge in [0.05, 0.1) is 5.52 Å². The fourth-order valence-corrected chi connectivity index (χ4v) is 4.33. The van der Waals surface area contributed by atoms with Crippen LogP contribution in [0.15, 0.2) is 74.9 Å². The van der Waals surface area contributed by atoms with Crippen molar-refractivity contribution in [2.24, 2.45) is 14.1 Å². The molecule has 0 saturated carbocycles. The smallest absolute Gasteiger partial charge is 0.331 e. The zero-order valence-electron chi connectivity index (χ0n) is 20.4. The van der Waals surface area contributed by atoms with Crippen LogP contribution >= 0.6 is 0 Å². The second-order valence-electron chi connectivity index (χ2n) is 9.79. The molecule has 2 aromatic carbocycles. The maximum Gasteiger partial charge on any atom is 0.331 e. The zero-order chi connectivity index (χ0) is 24.9. The highest BCUT2D eigenvalue weighted by molar-refractivity contribution is 5.93. The molecule has 0 bridgehead atoms. The van der Waals surface area contributed by atoms with Gasteiger partial charge in [0.2, 0.25) is 11.7 Å². The van der Waals surface area contributed by atoms with Gasteiger partial charge in [-0.2, -0.15) is 4.98 Å². The fourth-order valence-electron chi connectivity index (χ4n) is 4.33. The van der Waals surface area contributed by atoms with Gasteiger partial charge in [-0.3, -0.25) is 13.9 Å². The lowest BCUT2D eigenvalue weighted by Crippen LogP contribution is -2.38. The summed E-state index contributed by atoms with van der Waals surface area (Å²) >= 11 is 0. The van der Waals surface area contributed by atoms with Crippen molar-refractivity contribution in [1.82, 2.24) is 23.8 Å². The van der Waals surface area contributed by atoms with Crippen molar-refractivity contribution in [3.05, 3.63) is 93.1 Å². The predicted molar refractivity (Wildman–Crippen MR) is 135 cm³/mol. The van der Waals surface area contributed by atoms with Crippen LogP contribution in [0.4, 0.5) is 0 Å². The van der Waals surface area contributed by atoms with Crippen LogP contribution in [0.25, 0.3) is 33.5 Å². The number of nitrogens with zero attached hydrogens (tertiary/aromatic N) is 5. The summed E-state index contributed by atoms with van der Waals surface area (Å²) in [5.74, 6) is 0.732. The van der Waals surface area contributed by atoms with Crippen LogP contribution in [0, 0.1) is 0 Å². The average molecular weight is 470 g/mol. The molecule has 0 aliphatic carbocycles. The minimum atomic E-state index is -0.444. The fraction of sp³-hybridized carbons (Fsp3) is 0.259. The molecule has 0 atom stereocenters. The lowest BCUT2D eigenvalue weighted by Gasteiger charge is -2.18. The number of hydrogen-bond donors (Lipinski definition) is 0.